The number of anilines is 1. The van der Waals surface area contributed by atoms with Crippen LogP contribution in [0.1, 0.15) is 31.9 Å². The highest BCUT2D eigenvalue weighted by Crippen LogP contribution is 2.24. The zero-order chi connectivity index (χ0) is 27.9. The average Bonchev–Trinajstić information content (AvgIpc) is 2.90. The number of hydrogen-bond donors (Lipinski definition) is 1. The highest BCUT2D eigenvalue weighted by atomic mass is 32.2. The Morgan fingerprint density at radius 2 is 1.50 bits per heavy atom. The van der Waals surface area contributed by atoms with E-state index in [0.717, 1.165) is 39.7 Å². The Morgan fingerprint density at radius 3 is 2.08 bits per heavy atom. The predicted octanol–water partition coefficient (Wildman–Crippen LogP) is 4.52. The molecule has 7 nitrogen and oxygen atoms in total. The van der Waals surface area contributed by atoms with Crippen molar-refractivity contribution in [1.82, 2.24) is 10.2 Å². The molecule has 0 aliphatic heterocycles. The molecule has 2 amide bonds. The van der Waals surface area contributed by atoms with Crippen LogP contribution in [-0.2, 0) is 26.2 Å². The second kappa shape index (κ2) is 12.7. The van der Waals surface area contributed by atoms with Crippen molar-refractivity contribution in [1.29, 1.82) is 0 Å². The molecule has 0 aromatic heterocycles. The fraction of sp³-hybridized carbons (Fsp3) is 0.310. The number of benzene rings is 3. The van der Waals surface area contributed by atoms with Gasteiger partial charge < -0.3 is 10.2 Å². The van der Waals surface area contributed by atoms with Crippen LogP contribution in [-0.4, -0.2) is 44.3 Å². The minimum absolute atomic E-state index is 0.120. The topological polar surface area (TPSA) is 86.8 Å². The van der Waals surface area contributed by atoms with Gasteiger partial charge in [0.2, 0.25) is 11.8 Å². The van der Waals surface area contributed by atoms with Gasteiger partial charge in [0.1, 0.15) is 18.4 Å². The number of halogens is 1. The maximum absolute atomic E-state index is 13.8. The van der Waals surface area contributed by atoms with Crippen molar-refractivity contribution in [3.63, 3.8) is 0 Å². The first-order valence-corrected chi connectivity index (χ1v) is 13.9. The summed E-state index contributed by atoms with van der Waals surface area (Å²) in [5.74, 6) is -1.22. The Labute approximate surface area is 224 Å². The molecule has 3 aromatic carbocycles. The molecule has 1 atom stereocenters. The van der Waals surface area contributed by atoms with Gasteiger partial charge in [-0.1, -0.05) is 61.9 Å². The molecule has 0 saturated heterocycles. The molecule has 0 spiro atoms. The Bertz CT molecular complexity index is 1330. The maximum Gasteiger partial charge on any atom is 0.264 e. The average molecular weight is 540 g/mol. The first-order chi connectivity index (χ1) is 18.0. The highest BCUT2D eigenvalue weighted by molar-refractivity contribution is 7.92. The molecule has 0 heterocycles. The number of carbonyl (C=O) groups is 2. The molecule has 202 valence electrons. The number of nitrogens with one attached hydrogen (secondary N) is 1. The van der Waals surface area contributed by atoms with Crippen molar-refractivity contribution in [2.75, 3.05) is 17.4 Å². The van der Waals surface area contributed by atoms with Gasteiger partial charge in [-0.3, -0.25) is 13.9 Å². The van der Waals surface area contributed by atoms with E-state index in [1.165, 1.54) is 4.90 Å². The molecule has 0 aliphatic carbocycles. The number of amides is 2. The summed E-state index contributed by atoms with van der Waals surface area (Å²) in [6, 6.07) is 19.4. The van der Waals surface area contributed by atoms with Crippen molar-refractivity contribution in [2.24, 2.45) is 5.92 Å². The highest BCUT2D eigenvalue weighted by Gasteiger charge is 2.32. The monoisotopic (exact) mass is 539 g/mol. The molecule has 0 bridgehead atoms. The van der Waals surface area contributed by atoms with Gasteiger partial charge in [-0.05, 0) is 61.7 Å². The lowest BCUT2D eigenvalue weighted by molar-refractivity contribution is -0.139. The Hall–Kier alpha value is -3.72. The fourth-order valence-electron chi connectivity index (χ4n) is 3.78. The van der Waals surface area contributed by atoms with Gasteiger partial charge in [0.15, 0.2) is 0 Å². The number of sulfonamides is 1. The van der Waals surface area contributed by atoms with Gasteiger partial charge in [0.25, 0.3) is 10.0 Å². The van der Waals surface area contributed by atoms with Gasteiger partial charge in [0.05, 0.1) is 10.6 Å². The van der Waals surface area contributed by atoms with Crippen molar-refractivity contribution >= 4 is 27.5 Å². The third-order valence-corrected chi connectivity index (χ3v) is 7.84. The zero-order valence-corrected chi connectivity index (χ0v) is 22.9. The van der Waals surface area contributed by atoms with Crippen molar-refractivity contribution in [3.8, 4) is 0 Å². The van der Waals surface area contributed by atoms with E-state index < -0.39 is 34.3 Å². The standard InChI is InChI=1S/C29H34FN3O4S/c1-21(2)18-31-29(35)23(4)32(19-24-12-10-22(3)11-13-24)28(34)20-33(26-8-6-5-7-9-26)38(36,37)27-16-14-25(30)15-17-27/h5-17,21,23H,18-20H2,1-4H3,(H,31,35)/t23-/m1/s1. The summed E-state index contributed by atoms with van der Waals surface area (Å²) in [5.41, 5.74) is 2.13. The van der Waals surface area contributed by atoms with Crippen LogP contribution in [0.25, 0.3) is 0 Å². The predicted molar refractivity (Wildman–Crippen MR) is 146 cm³/mol. The SMILES string of the molecule is Cc1ccc(CN(C(=O)CN(c2ccccc2)S(=O)(=O)c2ccc(F)cc2)[C@H](C)C(=O)NCC(C)C)cc1. The van der Waals surface area contributed by atoms with E-state index in [2.05, 4.69) is 5.32 Å². The Morgan fingerprint density at radius 1 is 0.895 bits per heavy atom. The minimum atomic E-state index is -4.23. The first-order valence-electron chi connectivity index (χ1n) is 12.4. The molecular weight excluding hydrogens is 505 g/mol. The molecule has 0 saturated carbocycles. The van der Waals surface area contributed by atoms with Gasteiger partial charge in [-0.25, -0.2) is 12.8 Å². The molecular formula is C29H34FN3O4S. The number of nitrogens with zero attached hydrogens (tertiary/aromatic N) is 2. The number of hydrogen-bond acceptors (Lipinski definition) is 4. The van der Waals surface area contributed by atoms with Crippen LogP contribution in [0.5, 0.6) is 0 Å². The fourth-order valence-corrected chi connectivity index (χ4v) is 5.20. The van der Waals surface area contributed by atoms with Crippen molar-refractivity contribution < 1.29 is 22.4 Å². The van der Waals surface area contributed by atoms with Crippen LogP contribution in [0.3, 0.4) is 0 Å². The Balaban J connectivity index is 1.97. The van der Waals surface area contributed by atoms with E-state index in [0.29, 0.717) is 6.54 Å². The molecule has 0 aliphatic rings. The quantitative estimate of drug-likeness (QED) is 0.388. The van der Waals surface area contributed by atoms with Gasteiger partial charge >= 0.3 is 0 Å². The van der Waals surface area contributed by atoms with Crippen LogP contribution < -0.4 is 9.62 Å². The normalized spacial score (nSPS) is 12.2. The van der Waals surface area contributed by atoms with Crippen LogP contribution in [0.2, 0.25) is 0 Å². The minimum Gasteiger partial charge on any atom is -0.354 e. The summed E-state index contributed by atoms with van der Waals surface area (Å²) >= 11 is 0. The third-order valence-electron chi connectivity index (χ3n) is 6.05. The molecule has 38 heavy (non-hydrogen) atoms. The summed E-state index contributed by atoms with van der Waals surface area (Å²) in [6.45, 7) is 7.54. The lowest BCUT2D eigenvalue weighted by Crippen LogP contribution is -2.51. The second-order valence-corrected chi connectivity index (χ2v) is 11.5. The lowest BCUT2D eigenvalue weighted by atomic mass is 10.1. The maximum atomic E-state index is 13.8. The van der Waals surface area contributed by atoms with Crippen LogP contribution >= 0.6 is 0 Å². The summed E-state index contributed by atoms with van der Waals surface area (Å²) in [7, 11) is -4.23. The van der Waals surface area contributed by atoms with E-state index in [1.807, 2.05) is 45.0 Å². The number of carbonyl (C=O) groups excluding carboxylic acids is 2. The van der Waals surface area contributed by atoms with Gasteiger partial charge in [-0.15, -0.1) is 0 Å². The molecule has 9 heteroatoms. The van der Waals surface area contributed by atoms with Crippen molar-refractivity contribution in [3.05, 3.63) is 95.8 Å². The second-order valence-electron chi connectivity index (χ2n) is 9.62. The van der Waals surface area contributed by atoms with Crippen LogP contribution in [0.4, 0.5) is 10.1 Å². The van der Waals surface area contributed by atoms with Gasteiger partial charge in [0, 0.05) is 13.1 Å². The van der Waals surface area contributed by atoms with E-state index in [-0.39, 0.29) is 29.0 Å². The summed E-state index contributed by atoms with van der Waals surface area (Å²) in [5, 5.41) is 2.86. The first kappa shape index (κ1) is 28.8. The molecule has 3 rings (SSSR count). The number of aryl methyl sites for hydroxylation is 1. The third kappa shape index (κ3) is 7.41. The lowest BCUT2D eigenvalue weighted by Gasteiger charge is -2.32. The van der Waals surface area contributed by atoms with Crippen molar-refractivity contribution in [2.45, 2.75) is 45.2 Å². The van der Waals surface area contributed by atoms with E-state index in [9.17, 15) is 22.4 Å². The molecule has 1 N–H and O–H groups in total. The summed E-state index contributed by atoms with van der Waals surface area (Å²) in [4.78, 5) is 28.0. The smallest absolute Gasteiger partial charge is 0.264 e. The molecule has 0 radical (unpaired) electrons. The molecule has 0 unspecified atom stereocenters. The van der Waals surface area contributed by atoms with Gasteiger partial charge in [-0.2, -0.15) is 0 Å². The van der Waals surface area contributed by atoms with Crippen LogP contribution in [0, 0.1) is 18.7 Å². The van der Waals surface area contributed by atoms with E-state index in [1.54, 1.807) is 37.3 Å². The molecule has 0 fully saturated rings. The summed E-state index contributed by atoms with van der Waals surface area (Å²) in [6.07, 6.45) is 0. The summed E-state index contributed by atoms with van der Waals surface area (Å²) < 4.78 is 41.8. The Kier molecular flexibility index (Phi) is 9.63. The largest absolute Gasteiger partial charge is 0.354 e. The van der Waals surface area contributed by atoms with E-state index in [4.69, 9.17) is 0 Å². The number of para-hydroxylation sites is 1. The number of rotatable bonds is 11. The molecule has 3 aromatic rings. The van der Waals surface area contributed by atoms with Crippen LogP contribution in [0.15, 0.2) is 83.8 Å². The zero-order valence-electron chi connectivity index (χ0n) is 22.1. The van der Waals surface area contributed by atoms with E-state index >= 15 is 0 Å².